The maximum atomic E-state index is 12.4. The van der Waals surface area contributed by atoms with Crippen LogP contribution in [0.4, 0.5) is 0 Å². The van der Waals surface area contributed by atoms with Gasteiger partial charge in [-0.1, -0.05) is 39.5 Å². The number of halogens is 1. The van der Waals surface area contributed by atoms with E-state index < -0.39 is 0 Å². The lowest BCUT2D eigenvalue weighted by Crippen LogP contribution is -2.56. The van der Waals surface area contributed by atoms with E-state index in [0.29, 0.717) is 0 Å². The lowest BCUT2D eigenvalue weighted by molar-refractivity contribution is -0.136. The molecule has 2 fully saturated rings. The quantitative estimate of drug-likeness (QED) is 0.865. The van der Waals surface area contributed by atoms with Gasteiger partial charge in [-0.2, -0.15) is 0 Å². The lowest BCUT2D eigenvalue weighted by Gasteiger charge is -2.41. The minimum Gasteiger partial charge on any atom is -0.339 e. The van der Waals surface area contributed by atoms with Crippen molar-refractivity contribution in [2.45, 2.75) is 64.5 Å². The normalized spacial score (nSPS) is 24.2. The Morgan fingerprint density at radius 2 is 1.71 bits per heavy atom. The van der Waals surface area contributed by atoms with Crippen molar-refractivity contribution in [2.24, 2.45) is 11.7 Å². The van der Waals surface area contributed by atoms with Crippen LogP contribution >= 0.6 is 12.4 Å². The van der Waals surface area contributed by atoms with Crippen LogP contribution in [0.2, 0.25) is 0 Å². The van der Waals surface area contributed by atoms with Crippen LogP contribution in [-0.2, 0) is 4.79 Å². The van der Waals surface area contributed by atoms with Gasteiger partial charge in [0.25, 0.3) is 0 Å². The van der Waals surface area contributed by atoms with Crippen molar-refractivity contribution in [3.63, 3.8) is 0 Å². The van der Waals surface area contributed by atoms with Gasteiger partial charge in [0.15, 0.2) is 0 Å². The van der Waals surface area contributed by atoms with Gasteiger partial charge in [-0.3, -0.25) is 9.69 Å². The van der Waals surface area contributed by atoms with E-state index in [1.54, 1.807) is 0 Å². The molecule has 0 aromatic carbocycles. The maximum absolute atomic E-state index is 12.4. The maximum Gasteiger partial charge on any atom is 0.239 e. The summed E-state index contributed by atoms with van der Waals surface area (Å²) in [5, 5.41) is 0. The predicted octanol–water partition coefficient (Wildman–Crippen LogP) is 2.26. The molecule has 21 heavy (non-hydrogen) atoms. The molecule has 0 spiro atoms. The molecular weight excluding hydrogens is 286 g/mol. The average Bonchev–Trinajstić information content (AvgIpc) is 2.53. The Bertz CT molecular complexity index is 313. The molecular formula is C16H32ClN3O. The minimum atomic E-state index is -0.318. The highest BCUT2D eigenvalue weighted by Gasteiger charge is 2.30. The van der Waals surface area contributed by atoms with Crippen LogP contribution < -0.4 is 5.73 Å². The Balaban J connectivity index is 0.00000220. The third-order valence-electron chi connectivity index (χ3n) is 5.26. The Hall–Kier alpha value is -0.320. The lowest BCUT2D eigenvalue weighted by atomic mass is 9.93. The molecule has 1 saturated carbocycles. The highest BCUT2D eigenvalue weighted by atomic mass is 35.5. The summed E-state index contributed by atoms with van der Waals surface area (Å²) in [7, 11) is 0. The van der Waals surface area contributed by atoms with Gasteiger partial charge >= 0.3 is 0 Å². The zero-order chi connectivity index (χ0) is 14.5. The summed E-state index contributed by atoms with van der Waals surface area (Å²) in [5.74, 6) is 0.432. The van der Waals surface area contributed by atoms with E-state index in [9.17, 15) is 4.79 Å². The molecule has 0 aromatic heterocycles. The minimum absolute atomic E-state index is 0. The van der Waals surface area contributed by atoms with E-state index in [0.717, 1.165) is 38.6 Å². The number of nitrogens with two attached hydrogens (primary N) is 1. The first-order chi connectivity index (χ1) is 9.63. The van der Waals surface area contributed by atoms with Crippen LogP contribution in [0.1, 0.15) is 52.4 Å². The van der Waals surface area contributed by atoms with Gasteiger partial charge in [0, 0.05) is 32.2 Å². The molecule has 1 heterocycles. The number of carbonyl (C=O) groups is 1. The number of amides is 1. The molecule has 0 bridgehead atoms. The number of rotatable bonds is 4. The smallest absolute Gasteiger partial charge is 0.239 e. The first kappa shape index (κ1) is 18.7. The molecule has 1 saturated heterocycles. The molecule has 0 aromatic rings. The van der Waals surface area contributed by atoms with Crippen LogP contribution in [0.3, 0.4) is 0 Å². The van der Waals surface area contributed by atoms with Gasteiger partial charge in [-0.25, -0.2) is 0 Å². The van der Waals surface area contributed by atoms with Gasteiger partial charge < -0.3 is 10.6 Å². The van der Waals surface area contributed by atoms with Crippen LogP contribution in [-0.4, -0.2) is 54.0 Å². The number of hydrogen-bond donors (Lipinski definition) is 1. The van der Waals surface area contributed by atoms with Crippen molar-refractivity contribution in [1.82, 2.24) is 9.80 Å². The monoisotopic (exact) mass is 317 g/mol. The van der Waals surface area contributed by atoms with Gasteiger partial charge in [0.1, 0.15) is 0 Å². The summed E-state index contributed by atoms with van der Waals surface area (Å²) < 4.78 is 0. The van der Waals surface area contributed by atoms with Crippen molar-refractivity contribution >= 4 is 18.3 Å². The molecule has 4 nitrogen and oxygen atoms in total. The molecule has 2 rings (SSSR count). The average molecular weight is 318 g/mol. The van der Waals surface area contributed by atoms with Gasteiger partial charge in [0.05, 0.1) is 6.04 Å². The summed E-state index contributed by atoms with van der Waals surface area (Å²) >= 11 is 0. The van der Waals surface area contributed by atoms with Crippen LogP contribution in [0.15, 0.2) is 0 Å². The third-order valence-corrected chi connectivity index (χ3v) is 5.26. The summed E-state index contributed by atoms with van der Waals surface area (Å²) in [5.41, 5.74) is 6.07. The van der Waals surface area contributed by atoms with E-state index in [1.165, 1.54) is 32.1 Å². The largest absolute Gasteiger partial charge is 0.339 e. The Labute approximate surface area is 135 Å². The topological polar surface area (TPSA) is 49.6 Å². The van der Waals surface area contributed by atoms with Gasteiger partial charge in [-0.05, 0) is 18.8 Å². The Morgan fingerprint density at radius 3 is 2.24 bits per heavy atom. The van der Waals surface area contributed by atoms with E-state index in [4.69, 9.17) is 5.73 Å². The summed E-state index contributed by atoms with van der Waals surface area (Å²) in [6.07, 6.45) is 7.82. The molecule has 1 aliphatic heterocycles. The van der Waals surface area contributed by atoms with Crippen molar-refractivity contribution in [3.8, 4) is 0 Å². The first-order valence-electron chi connectivity index (χ1n) is 8.42. The zero-order valence-electron chi connectivity index (χ0n) is 13.6. The second-order valence-electron chi connectivity index (χ2n) is 6.56. The van der Waals surface area contributed by atoms with Crippen molar-refractivity contribution < 1.29 is 4.79 Å². The summed E-state index contributed by atoms with van der Waals surface area (Å²) in [4.78, 5) is 16.9. The Kier molecular flexibility index (Phi) is 7.99. The van der Waals surface area contributed by atoms with Gasteiger partial charge in [0.2, 0.25) is 5.91 Å². The fourth-order valence-electron chi connectivity index (χ4n) is 3.46. The second-order valence-corrected chi connectivity index (χ2v) is 6.56. The molecule has 2 N–H and O–H groups in total. The fourth-order valence-corrected chi connectivity index (χ4v) is 3.46. The fraction of sp³-hybridized carbons (Fsp3) is 0.938. The Morgan fingerprint density at radius 1 is 1.14 bits per heavy atom. The van der Waals surface area contributed by atoms with Gasteiger partial charge in [-0.15, -0.1) is 12.4 Å². The molecule has 124 valence electrons. The van der Waals surface area contributed by atoms with Crippen molar-refractivity contribution in [3.05, 3.63) is 0 Å². The molecule has 5 heteroatoms. The SMILES string of the molecule is CCC(C)C(N)C(=O)N1CCN(C2CCCCC2)CC1.Cl. The number of piperazine rings is 1. The van der Waals surface area contributed by atoms with Crippen LogP contribution in [0.5, 0.6) is 0 Å². The molecule has 1 amide bonds. The van der Waals surface area contributed by atoms with E-state index in [2.05, 4.69) is 18.7 Å². The number of carbonyl (C=O) groups excluding carboxylic acids is 1. The van der Waals surface area contributed by atoms with Crippen LogP contribution in [0, 0.1) is 5.92 Å². The van der Waals surface area contributed by atoms with E-state index in [-0.39, 0.29) is 30.3 Å². The first-order valence-corrected chi connectivity index (χ1v) is 8.42. The van der Waals surface area contributed by atoms with E-state index in [1.807, 2.05) is 4.90 Å². The molecule has 2 atom stereocenters. The molecule has 2 aliphatic rings. The third kappa shape index (κ3) is 4.83. The highest BCUT2D eigenvalue weighted by molar-refractivity contribution is 5.85. The van der Waals surface area contributed by atoms with Crippen molar-refractivity contribution in [2.75, 3.05) is 26.2 Å². The zero-order valence-corrected chi connectivity index (χ0v) is 14.4. The summed E-state index contributed by atoms with van der Waals surface area (Å²) in [6.45, 7) is 7.95. The standard InChI is InChI=1S/C16H31N3O.ClH/c1-3-13(2)15(17)16(20)19-11-9-18(10-12-19)14-7-5-4-6-8-14;/h13-15H,3-12,17H2,1-2H3;1H. The van der Waals surface area contributed by atoms with Crippen molar-refractivity contribution in [1.29, 1.82) is 0 Å². The predicted molar refractivity (Wildman–Crippen MR) is 89.7 cm³/mol. The van der Waals surface area contributed by atoms with Crippen LogP contribution in [0.25, 0.3) is 0 Å². The highest BCUT2D eigenvalue weighted by Crippen LogP contribution is 2.23. The number of hydrogen-bond acceptors (Lipinski definition) is 3. The summed E-state index contributed by atoms with van der Waals surface area (Å²) in [6, 6.07) is 0.450. The molecule has 2 unspecified atom stereocenters. The van der Waals surface area contributed by atoms with E-state index >= 15 is 0 Å². The molecule has 0 radical (unpaired) electrons. The molecule has 1 aliphatic carbocycles. The number of nitrogens with zero attached hydrogens (tertiary/aromatic N) is 2. The second kappa shape index (κ2) is 8.96.